The van der Waals surface area contributed by atoms with Gasteiger partial charge in [0, 0.05) is 41.0 Å². The third-order valence-electron chi connectivity index (χ3n) is 16.0. The second-order valence-corrected chi connectivity index (χ2v) is 21.8. The Morgan fingerprint density at radius 2 is 1.07 bits per heavy atom. The van der Waals surface area contributed by atoms with Crippen LogP contribution in [0.1, 0.15) is 126 Å². The highest BCUT2D eigenvalue weighted by molar-refractivity contribution is 5.88. The number of amides is 2. The SMILES string of the molecule is COC(=O)c1coc(-c2nc3oc2[C@@]24c5cc(F)ccc5N[C@@H]2Oc2ccc(cc24)C[C@H](C)C(=O)N[C@H]3C(C)C)n1.COC(=O)c1coc(-c2nc3oc2[C@@]24c5cc(F)ccc5N[C@@H]2Oc2ccc(cc24)C[C@H](N)C(=O)N[C@H]3C(C)C)n1.[HH]. The van der Waals surface area contributed by atoms with Crippen molar-refractivity contribution >= 4 is 35.1 Å². The molecule has 6 aliphatic heterocycles. The van der Waals surface area contributed by atoms with Gasteiger partial charge in [-0.3, -0.25) is 9.59 Å². The quantitative estimate of drug-likeness (QED) is 0.0977. The van der Waals surface area contributed by atoms with E-state index in [4.69, 9.17) is 52.3 Å². The molecule has 0 unspecified atom stereocenters. The predicted octanol–water partition coefficient (Wildman–Crippen LogP) is 8.42. The molecule has 0 saturated carbocycles. The Bertz CT molecular complexity index is 3720. The molecule has 8 atom stereocenters. The molecule has 10 heterocycles. The van der Waals surface area contributed by atoms with Gasteiger partial charge in [-0.15, -0.1) is 0 Å². The van der Waals surface area contributed by atoms with Crippen LogP contribution < -0.4 is 36.5 Å². The summed E-state index contributed by atoms with van der Waals surface area (Å²) < 4.78 is 77.1. The van der Waals surface area contributed by atoms with Gasteiger partial charge in [0.15, 0.2) is 46.8 Å². The first-order chi connectivity index (χ1) is 39.4. The van der Waals surface area contributed by atoms with Gasteiger partial charge in [0.1, 0.15) is 58.6 Å². The number of methoxy groups -OCH3 is 2. The van der Waals surface area contributed by atoms with Crippen LogP contribution in [-0.4, -0.2) is 76.4 Å². The van der Waals surface area contributed by atoms with Crippen molar-refractivity contribution < 1.29 is 66.0 Å². The lowest BCUT2D eigenvalue weighted by Crippen LogP contribution is -2.45. The standard InChI is InChI=1S/C30H27FN4O6.C29H26FN5O6.H2/c1-13(2)22-27-35-23(26-32-20(12-39-26)28(37)38-4)24(41-27)30-17-11-16(31)6-7-19(17)33-29(30)40-21-8-5-15(10-18(21)30)9-14(3)25(36)34-22;1-12(2)21-26-35-22(25-32-19(11-39-25)27(37)38-3)23(41-26)29-15-10-14(30)5-6-18(15)33-28(29)40-20-7-4-13(8-16(20)29)9-17(31)24(36)34-21;/h5-8,10-14,22,29,33H,9H2,1-4H3,(H,34,36);4-8,10-12,17,21,28,33H,9,31H2,1-3H3,(H,34,36);1H/t14-,22-,29+,30-;17-,21-,28+,29-;/m00./s1. The largest absolute Gasteiger partial charge is 0.469 e. The summed E-state index contributed by atoms with van der Waals surface area (Å²) in [6, 6.07) is 18.1. The smallest absolute Gasteiger partial charge is 0.360 e. The molecular weight excluding hydrogens is 1060 g/mol. The Hall–Kier alpha value is -9.38. The highest BCUT2D eigenvalue weighted by atomic mass is 19.1. The Labute approximate surface area is 467 Å². The maximum absolute atomic E-state index is 14.9. The van der Waals surface area contributed by atoms with E-state index in [1.165, 1.54) is 51.0 Å². The average Bonchev–Trinajstić information content (AvgIpc) is 2.66. The number of halogens is 2. The number of aromatic nitrogens is 4. The molecule has 82 heavy (non-hydrogen) atoms. The summed E-state index contributed by atoms with van der Waals surface area (Å²) in [4.78, 5) is 69.3. The van der Waals surface area contributed by atoms with Crippen molar-refractivity contribution in [3.63, 3.8) is 0 Å². The van der Waals surface area contributed by atoms with E-state index in [9.17, 15) is 28.0 Å². The lowest BCUT2D eigenvalue weighted by Gasteiger charge is -2.28. The van der Waals surface area contributed by atoms with Crippen LogP contribution in [0.5, 0.6) is 11.5 Å². The lowest BCUT2D eigenvalue weighted by molar-refractivity contribution is -0.126. The number of ether oxygens (including phenoxy) is 4. The first-order valence-corrected chi connectivity index (χ1v) is 26.6. The normalized spacial score (nSPS) is 24.0. The van der Waals surface area contributed by atoms with Crippen molar-refractivity contribution in [2.75, 3.05) is 24.9 Å². The Balaban J connectivity index is 0.000000162. The zero-order valence-electron chi connectivity index (χ0n) is 45.1. The highest BCUT2D eigenvalue weighted by Gasteiger charge is 2.63. The van der Waals surface area contributed by atoms with Gasteiger partial charge in [-0.25, -0.2) is 38.3 Å². The molecule has 6 N–H and O–H groups in total. The Kier molecular flexibility index (Phi) is 12.1. The van der Waals surface area contributed by atoms with E-state index in [0.29, 0.717) is 46.0 Å². The number of hydrogen-bond donors (Lipinski definition) is 5. The summed E-state index contributed by atoms with van der Waals surface area (Å²) in [5.74, 6) is -1.29. The third-order valence-corrected chi connectivity index (χ3v) is 16.0. The maximum Gasteiger partial charge on any atom is 0.360 e. The van der Waals surface area contributed by atoms with Crippen LogP contribution in [0.15, 0.2) is 103 Å². The van der Waals surface area contributed by atoms with Crippen molar-refractivity contribution in [1.29, 1.82) is 0 Å². The number of carbonyl (C=O) groups is 4. The zero-order chi connectivity index (χ0) is 57.3. The van der Waals surface area contributed by atoms with Crippen molar-refractivity contribution in [2.45, 2.75) is 88.9 Å². The fourth-order valence-corrected chi connectivity index (χ4v) is 12.0. The van der Waals surface area contributed by atoms with E-state index in [1.54, 1.807) is 18.2 Å². The van der Waals surface area contributed by atoms with E-state index in [-0.39, 0.29) is 95.3 Å². The van der Waals surface area contributed by atoms with Gasteiger partial charge in [0.25, 0.3) is 0 Å². The molecule has 21 nitrogen and oxygen atoms in total. The number of nitrogens with one attached hydrogen (secondary N) is 4. The van der Waals surface area contributed by atoms with Gasteiger partial charge in [0.05, 0.1) is 20.3 Å². The molecule has 8 bridgehead atoms. The number of hydrogen-bond acceptors (Lipinski definition) is 19. The minimum Gasteiger partial charge on any atom is -0.469 e. The molecule has 0 radical (unpaired) electrons. The number of nitrogens with zero attached hydrogens (tertiary/aromatic N) is 4. The van der Waals surface area contributed by atoms with Crippen LogP contribution in [0.25, 0.3) is 23.2 Å². The van der Waals surface area contributed by atoms with E-state index < -0.39 is 65.0 Å². The first kappa shape index (κ1) is 52.0. The first-order valence-electron chi connectivity index (χ1n) is 26.6. The number of rotatable bonds is 6. The average molecular weight is 1120 g/mol. The summed E-state index contributed by atoms with van der Waals surface area (Å²) in [5.41, 5.74) is 9.76. The molecule has 4 aromatic heterocycles. The minimum absolute atomic E-state index is 0. The molecule has 4 aromatic carbocycles. The van der Waals surface area contributed by atoms with Crippen molar-refractivity contribution in [3.8, 4) is 34.7 Å². The molecule has 2 spiro atoms. The van der Waals surface area contributed by atoms with E-state index >= 15 is 0 Å². The lowest BCUT2D eigenvalue weighted by atomic mass is 9.72. The number of fused-ring (bicyclic) bond motifs is 8. The van der Waals surface area contributed by atoms with Crippen LogP contribution in [0.2, 0.25) is 0 Å². The minimum atomic E-state index is -1.24. The molecule has 2 amide bonds. The number of benzene rings is 4. The van der Waals surface area contributed by atoms with E-state index in [1.807, 2.05) is 65.0 Å². The van der Waals surface area contributed by atoms with Crippen LogP contribution in [-0.2, 0) is 42.7 Å². The third kappa shape index (κ3) is 7.86. The fraction of sp³-hybridized carbons (Fsp3) is 0.322. The van der Waals surface area contributed by atoms with Gasteiger partial charge in [-0.2, -0.15) is 0 Å². The van der Waals surface area contributed by atoms with Crippen molar-refractivity contribution in [3.05, 3.63) is 165 Å². The maximum atomic E-state index is 14.9. The van der Waals surface area contributed by atoms with Crippen molar-refractivity contribution in [1.82, 2.24) is 30.6 Å². The molecule has 0 fully saturated rings. The second-order valence-electron chi connectivity index (χ2n) is 21.8. The molecule has 6 aliphatic rings. The molecule has 0 aliphatic carbocycles. The predicted molar refractivity (Wildman–Crippen MR) is 286 cm³/mol. The number of carbonyl (C=O) groups excluding carboxylic acids is 4. The summed E-state index contributed by atoms with van der Waals surface area (Å²) in [5, 5.41) is 12.8. The van der Waals surface area contributed by atoms with Crippen molar-refractivity contribution in [2.24, 2.45) is 23.5 Å². The summed E-state index contributed by atoms with van der Waals surface area (Å²) in [7, 11) is 2.49. The Morgan fingerprint density at radius 1 is 0.622 bits per heavy atom. The summed E-state index contributed by atoms with van der Waals surface area (Å²) in [6.07, 6.45) is 1.63. The molecule has 0 saturated heterocycles. The van der Waals surface area contributed by atoms with Crippen LogP contribution in [0, 0.1) is 29.4 Å². The number of esters is 2. The van der Waals surface area contributed by atoms with Crippen LogP contribution >= 0.6 is 0 Å². The summed E-state index contributed by atoms with van der Waals surface area (Å²) >= 11 is 0. The number of anilines is 2. The van der Waals surface area contributed by atoms with Gasteiger partial charge < -0.3 is 63.6 Å². The van der Waals surface area contributed by atoms with Crippen LogP contribution in [0.3, 0.4) is 0 Å². The molecule has 8 aromatic rings. The molecule has 23 heteroatoms. The van der Waals surface area contributed by atoms with Crippen LogP contribution in [0.4, 0.5) is 20.2 Å². The monoisotopic (exact) mass is 1120 g/mol. The topological polar surface area (TPSA) is 283 Å². The number of oxazole rings is 4. The fourth-order valence-electron chi connectivity index (χ4n) is 12.0. The molecule has 14 rings (SSSR count). The Morgan fingerprint density at radius 3 is 1.52 bits per heavy atom. The van der Waals surface area contributed by atoms with Gasteiger partial charge >= 0.3 is 11.9 Å². The van der Waals surface area contributed by atoms with E-state index in [0.717, 1.165) is 16.7 Å². The van der Waals surface area contributed by atoms with Gasteiger partial charge in [-0.1, -0.05) is 58.9 Å². The molecular formula is C59H55F2N9O12. The highest BCUT2D eigenvalue weighted by Crippen LogP contribution is 2.61. The van der Waals surface area contributed by atoms with E-state index in [2.05, 4.69) is 31.2 Å². The summed E-state index contributed by atoms with van der Waals surface area (Å²) in [6.45, 7) is 9.60. The second kappa shape index (κ2) is 19.1. The zero-order valence-corrected chi connectivity index (χ0v) is 45.1. The molecule has 422 valence electrons. The van der Waals surface area contributed by atoms with Gasteiger partial charge in [0.2, 0.25) is 35.4 Å². The van der Waals surface area contributed by atoms with Gasteiger partial charge in [-0.05, 0) is 84.3 Å². The number of nitrogens with two attached hydrogens (primary N) is 1.